The molecule has 0 aliphatic carbocycles. The average molecular weight is 327 g/mol. The molecule has 118 valence electrons. The summed E-state index contributed by atoms with van der Waals surface area (Å²) >= 11 is 1.79. The number of fused-ring (bicyclic) bond motifs is 1. The molecule has 0 atom stereocenters. The molecule has 4 rings (SSSR count). The minimum absolute atomic E-state index is 1.06. The lowest BCUT2D eigenvalue weighted by atomic mass is 10.2. The fraction of sp³-hybridized carbons (Fsp3) is 0.353. The highest BCUT2D eigenvalue weighted by Crippen LogP contribution is 2.26. The van der Waals surface area contributed by atoms with Crippen molar-refractivity contribution in [1.29, 1.82) is 0 Å². The Labute approximate surface area is 139 Å². The van der Waals surface area contributed by atoms with Crippen molar-refractivity contribution in [2.24, 2.45) is 0 Å². The van der Waals surface area contributed by atoms with Gasteiger partial charge in [0.05, 0.1) is 5.39 Å². The van der Waals surface area contributed by atoms with Crippen LogP contribution in [0.15, 0.2) is 36.8 Å². The molecule has 0 bridgehead atoms. The number of nitrogens with one attached hydrogen (secondary N) is 2. The first kappa shape index (κ1) is 14.7. The third-order valence-electron chi connectivity index (χ3n) is 4.55. The van der Waals surface area contributed by atoms with Gasteiger partial charge in [0, 0.05) is 17.1 Å². The molecule has 0 radical (unpaired) electrons. The van der Waals surface area contributed by atoms with E-state index < -0.39 is 0 Å². The normalized spacial score (nSPS) is 21.6. The molecule has 0 spiro atoms. The van der Waals surface area contributed by atoms with Crippen molar-refractivity contribution in [1.82, 2.24) is 15.0 Å². The second-order valence-corrected chi connectivity index (χ2v) is 7.04. The Kier molecular flexibility index (Phi) is 4.03. The van der Waals surface area contributed by atoms with E-state index in [0.29, 0.717) is 0 Å². The third-order valence-corrected chi connectivity index (χ3v) is 5.74. The van der Waals surface area contributed by atoms with Gasteiger partial charge in [0.15, 0.2) is 0 Å². The summed E-state index contributed by atoms with van der Waals surface area (Å²) in [5.74, 6) is 2.33. The Morgan fingerprint density at radius 3 is 2.61 bits per heavy atom. The van der Waals surface area contributed by atoms with E-state index in [0.717, 1.165) is 43.2 Å². The molecule has 0 saturated carbocycles. The smallest absolute Gasteiger partial charge is 0.238 e. The molecule has 0 unspecified atom stereocenters. The Balaban J connectivity index is 1.55. The van der Waals surface area contributed by atoms with Crippen molar-refractivity contribution < 1.29 is 9.80 Å². The van der Waals surface area contributed by atoms with E-state index in [1.165, 1.54) is 25.9 Å². The van der Waals surface area contributed by atoms with Gasteiger partial charge in [0.1, 0.15) is 37.3 Å². The van der Waals surface area contributed by atoms with Gasteiger partial charge < -0.3 is 0 Å². The number of aromatic nitrogens is 3. The Morgan fingerprint density at radius 1 is 1.04 bits per heavy atom. The molecule has 1 fully saturated rings. The number of pyridine rings is 1. The molecule has 23 heavy (non-hydrogen) atoms. The van der Waals surface area contributed by atoms with E-state index in [1.54, 1.807) is 17.7 Å². The van der Waals surface area contributed by atoms with Gasteiger partial charge in [-0.3, -0.25) is 9.80 Å². The maximum atomic E-state index is 4.61. The largest absolute Gasteiger partial charge is 0.277 e. The van der Waals surface area contributed by atoms with E-state index in [4.69, 9.17) is 0 Å². The summed E-state index contributed by atoms with van der Waals surface area (Å²) in [5.41, 5.74) is 0. The van der Waals surface area contributed by atoms with E-state index in [2.05, 4.69) is 40.1 Å². The van der Waals surface area contributed by atoms with Crippen LogP contribution in [0.3, 0.4) is 0 Å². The van der Waals surface area contributed by atoms with Crippen LogP contribution in [-0.2, 0) is 6.42 Å². The first-order valence-corrected chi connectivity index (χ1v) is 9.01. The molecule has 2 N–H and O–H groups in total. The maximum Gasteiger partial charge on any atom is 0.238 e. The first-order chi connectivity index (χ1) is 11.3. The highest BCUT2D eigenvalue weighted by atomic mass is 32.1. The van der Waals surface area contributed by atoms with Crippen molar-refractivity contribution in [2.45, 2.75) is 13.3 Å². The van der Waals surface area contributed by atoms with Gasteiger partial charge in [-0.2, -0.15) is 4.98 Å². The number of piperazine rings is 1. The van der Waals surface area contributed by atoms with Crippen LogP contribution in [-0.4, -0.2) is 41.1 Å². The lowest BCUT2D eigenvalue weighted by Gasteiger charge is -2.27. The second-order valence-electron chi connectivity index (χ2n) is 5.93. The van der Waals surface area contributed by atoms with Gasteiger partial charge in [-0.15, -0.1) is 11.3 Å². The summed E-state index contributed by atoms with van der Waals surface area (Å²) in [6.45, 7) is 6.52. The van der Waals surface area contributed by atoms with Crippen LogP contribution in [0.1, 0.15) is 11.8 Å². The van der Waals surface area contributed by atoms with Crippen molar-refractivity contribution in [3.8, 4) is 0 Å². The minimum Gasteiger partial charge on any atom is -0.277 e. The molecule has 0 amide bonds. The van der Waals surface area contributed by atoms with Crippen molar-refractivity contribution in [3.63, 3.8) is 0 Å². The summed E-state index contributed by atoms with van der Waals surface area (Å²) in [4.78, 5) is 19.0. The summed E-state index contributed by atoms with van der Waals surface area (Å²) < 4.78 is 0. The van der Waals surface area contributed by atoms with Crippen LogP contribution in [0.25, 0.3) is 10.2 Å². The second kappa shape index (κ2) is 6.31. The van der Waals surface area contributed by atoms with E-state index >= 15 is 0 Å². The number of hydrogen-bond acceptors (Lipinski definition) is 4. The van der Waals surface area contributed by atoms with E-state index in [-0.39, 0.29) is 0 Å². The van der Waals surface area contributed by atoms with Crippen LogP contribution >= 0.6 is 11.3 Å². The Morgan fingerprint density at radius 2 is 1.87 bits per heavy atom. The SMILES string of the molecule is CCc1cc2c([NH+]3CC[NH+](c4ccccn4)CC3)ncnc2s1. The molecule has 3 aromatic heterocycles. The van der Waals surface area contributed by atoms with Gasteiger partial charge >= 0.3 is 0 Å². The molecular weight excluding hydrogens is 306 g/mol. The number of quaternary nitrogens is 2. The van der Waals surface area contributed by atoms with Crippen molar-refractivity contribution >= 4 is 33.2 Å². The highest BCUT2D eigenvalue weighted by Gasteiger charge is 2.29. The van der Waals surface area contributed by atoms with Crippen LogP contribution in [0.5, 0.6) is 0 Å². The van der Waals surface area contributed by atoms with Gasteiger partial charge in [-0.25, -0.2) is 9.97 Å². The van der Waals surface area contributed by atoms with Crippen LogP contribution < -0.4 is 9.80 Å². The third kappa shape index (κ3) is 2.85. The summed E-state index contributed by atoms with van der Waals surface area (Å²) in [7, 11) is 0. The van der Waals surface area contributed by atoms with Crippen molar-refractivity contribution in [3.05, 3.63) is 41.7 Å². The summed E-state index contributed by atoms with van der Waals surface area (Å²) in [6, 6.07) is 8.44. The zero-order valence-corrected chi connectivity index (χ0v) is 14.1. The minimum atomic E-state index is 1.06. The van der Waals surface area contributed by atoms with Crippen LogP contribution in [0.2, 0.25) is 0 Å². The predicted octanol–water partition coefficient (Wildman–Crippen LogP) is 0.395. The standard InChI is InChI=1S/C17H19N5S/c1-2-13-11-14-16(19-12-20-17(14)23-13)22-9-7-21(8-10-22)15-5-3-4-6-18-15/h3-6,11-12H,2,7-10H2,1H3/p+2. The number of aryl methyl sites for hydroxylation is 1. The molecule has 3 aromatic rings. The van der Waals surface area contributed by atoms with Crippen molar-refractivity contribution in [2.75, 3.05) is 26.2 Å². The number of rotatable bonds is 3. The Bertz CT molecular complexity index is 793. The molecule has 0 aromatic carbocycles. The molecule has 1 saturated heterocycles. The molecule has 5 nitrogen and oxygen atoms in total. The summed E-state index contributed by atoms with van der Waals surface area (Å²) in [5, 5.41) is 1.24. The fourth-order valence-electron chi connectivity index (χ4n) is 3.28. The zero-order chi connectivity index (χ0) is 15.6. The molecular formula is C17H21N5S+2. The van der Waals surface area contributed by atoms with Crippen LogP contribution in [0.4, 0.5) is 11.6 Å². The Hall–Kier alpha value is -1.89. The topological polar surface area (TPSA) is 47.6 Å². The highest BCUT2D eigenvalue weighted by molar-refractivity contribution is 7.18. The molecule has 1 aliphatic heterocycles. The molecule has 6 heteroatoms. The maximum absolute atomic E-state index is 4.61. The molecule has 1 aliphatic rings. The lowest BCUT2D eigenvalue weighted by molar-refractivity contribution is -0.953. The lowest BCUT2D eigenvalue weighted by Crippen LogP contribution is -3.24. The number of nitrogens with zero attached hydrogens (tertiary/aromatic N) is 3. The number of thiophene rings is 1. The zero-order valence-electron chi connectivity index (χ0n) is 13.2. The monoisotopic (exact) mass is 327 g/mol. The average Bonchev–Trinajstić information content (AvgIpc) is 3.06. The van der Waals surface area contributed by atoms with Gasteiger partial charge in [0.25, 0.3) is 0 Å². The summed E-state index contributed by atoms with van der Waals surface area (Å²) in [6.07, 6.45) is 4.67. The predicted molar refractivity (Wildman–Crippen MR) is 91.7 cm³/mol. The van der Waals surface area contributed by atoms with Crippen LogP contribution in [0, 0.1) is 0 Å². The van der Waals surface area contributed by atoms with E-state index in [1.807, 2.05) is 12.3 Å². The first-order valence-electron chi connectivity index (χ1n) is 8.19. The number of hydrogen-bond donors (Lipinski definition) is 2. The van der Waals surface area contributed by atoms with Gasteiger partial charge in [-0.1, -0.05) is 13.0 Å². The molecule has 4 heterocycles. The van der Waals surface area contributed by atoms with E-state index in [9.17, 15) is 0 Å². The quantitative estimate of drug-likeness (QED) is 0.732. The fourth-order valence-corrected chi connectivity index (χ4v) is 4.21. The van der Waals surface area contributed by atoms with Gasteiger partial charge in [0.2, 0.25) is 11.6 Å². The van der Waals surface area contributed by atoms with Gasteiger partial charge in [-0.05, 0) is 18.6 Å².